The predicted molar refractivity (Wildman–Crippen MR) is 83.2 cm³/mol. The summed E-state index contributed by atoms with van der Waals surface area (Å²) in [4.78, 5) is 8.29. The molecule has 0 aromatic carbocycles. The van der Waals surface area contributed by atoms with E-state index in [0.29, 0.717) is 5.92 Å². The zero-order valence-corrected chi connectivity index (χ0v) is 13.1. The first-order chi connectivity index (χ1) is 9.17. The SMILES string of the molecule is CCNCc1c(N(CC)CC(C)C)nc2sccn12. The van der Waals surface area contributed by atoms with Crippen molar-refractivity contribution in [3.8, 4) is 0 Å². The highest BCUT2D eigenvalue weighted by molar-refractivity contribution is 7.15. The van der Waals surface area contributed by atoms with E-state index in [-0.39, 0.29) is 0 Å². The molecule has 0 radical (unpaired) electrons. The Morgan fingerprint density at radius 2 is 2.21 bits per heavy atom. The van der Waals surface area contributed by atoms with Gasteiger partial charge in [-0.3, -0.25) is 4.40 Å². The summed E-state index contributed by atoms with van der Waals surface area (Å²) in [6.45, 7) is 12.8. The number of aromatic nitrogens is 2. The molecule has 106 valence electrons. The molecule has 0 amide bonds. The van der Waals surface area contributed by atoms with Crippen molar-refractivity contribution in [3.05, 3.63) is 17.3 Å². The van der Waals surface area contributed by atoms with Crippen molar-refractivity contribution in [3.63, 3.8) is 0 Å². The van der Waals surface area contributed by atoms with Crippen molar-refractivity contribution in [2.24, 2.45) is 5.92 Å². The fourth-order valence-electron chi connectivity index (χ4n) is 2.29. The number of nitrogens with one attached hydrogen (secondary N) is 1. The maximum atomic E-state index is 4.82. The Labute approximate surface area is 119 Å². The molecule has 0 saturated heterocycles. The third kappa shape index (κ3) is 3.09. The molecule has 0 saturated carbocycles. The van der Waals surface area contributed by atoms with Crippen LogP contribution in [0, 0.1) is 5.92 Å². The van der Waals surface area contributed by atoms with Crippen molar-refractivity contribution >= 4 is 22.1 Å². The lowest BCUT2D eigenvalue weighted by atomic mass is 10.2. The summed E-state index contributed by atoms with van der Waals surface area (Å²) >= 11 is 1.70. The quantitative estimate of drug-likeness (QED) is 0.846. The van der Waals surface area contributed by atoms with Crippen LogP contribution in [0.2, 0.25) is 0 Å². The lowest BCUT2D eigenvalue weighted by molar-refractivity contribution is 0.610. The van der Waals surface area contributed by atoms with Crippen LogP contribution in [0.25, 0.3) is 4.96 Å². The lowest BCUT2D eigenvalue weighted by Gasteiger charge is -2.24. The third-order valence-electron chi connectivity index (χ3n) is 3.15. The minimum Gasteiger partial charge on any atom is -0.355 e. The average molecular weight is 280 g/mol. The maximum absolute atomic E-state index is 4.82. The van der Waals surface area contributed by atoms with Crippen molar-refractivity contribution in [2.75, 3.05) is 24.5 Å². The largest absolute Gasteiger partial charge is 0.355 e. The van der Waals surface area contributed by atoms with Gasteiger partial charge in [0.1, 0.15) is 0 Å². The molecule has 0 fully saturated rings. The summed E-state index contributed by atoms with van der Waals surface area (Å²) in [6, 6.07) is 0. The highest BCUT2D eigenvalue weighted by Crippen LogP contribution is 2.25. The number of fused-ring (bicyclic) bond motifs is 1. The van der Waals surface area contributed by atoms with E-state index in [2.05, 4.69) is 53.9 Å². The molecule has 0 spiro atoms. The molecule has 0 aliphatic carbocycles. The van der Waals surface area contributed by atoms with Gasteiger partial charge in [0.15, 0.2) is 10.8 Å². The monoisotopic (exact) mass is 280 g/mol. The molecule has 2 heterocycles. The smallest absolute Gasteiger partial charge is 0.195 e. The molecule has 19 heavy (non-hydrogen) atoms. The molecular formula is C14H24N4S. The summed E-state index contributed by atoms with van der Waals surface area (Å²) in [5.41, 5.74) is 1.28. The second-order valence-corrected chi connectivity index (χ2v) is 6.02. The first kappa shape index (κ1) is 14.3. The number of rotatable bonds is 7. The zero-order chi connectivity index (χ0) is 13.8. The standard InChI is InChI=1S/C14H24N4S/c1-5-15-9-12-13(17(6-2)10-11(3)4)16-14-18(12)7-8-19-14/h7-8,11,15H,5-6,9-10H2,1-4H3. The van der Waals surface area contributed by atoms with Gasteiger partial charge in [-0.25, -0.2) is 4.98 Å². The van der Waals surface area contributed by atoms with E-state index in [1.54, 1.807) is 11.3 Å². The maximum Gasteiger partial charge on any atom is 0.195 e. The lowest BCUT2D eigenvalue weighted by Crippen LogP contribution is -2.29. The molecule has 2 rings (SSSR count). The van der Waals surface area contributed by atoms with Crippen molar-refractivity contribution < 1.29 is 0 Å². The van der Waals surface area contributed by atoms with Crippen LogP contribution in [-0.4, -0.2) is 29.0 Å². The molecule has 0 unspecified atom stereocenters. The number of nitrogens with zero attached hydrogens (tertiary/aromatic N) is 3. The Bertz CT molecular complexity index is 514. The van der Waals surface area contributed by atoms with E-state index in [9.17, 15) is 0 Å². The van der Waals surface area contributed by atoms with E-state index in [4.69, 9.17) is 4.98 Å². The van der Waals surface area contributed by atoms with Gasteiger partial charge in [-0.2, -0.15) is 0 Å². The van der Waals surface area contributed by atoms with Crippen molar-refractivity contribution in [1.82, 2.24) is 14.7 Å². The number of thiazole rings is 1. The van der Waals surface area contributed by atoms with E-state index in [0.717, 1.165) is 37.0 Å². The number of imidazole rings is 1. The Hall–Kier alpha value is -1.07. The second kappa shape index (κ2) is 6.39. The molecule has 2 aromatic rings. The van der Waals surface area contributed by atoms with Gasteiger partial charge in [0.05, 0.1) is 5.69 Å². The molecule has 2 aromatic heterocycles. The highest BCUT2D eigenvalue weighted by atomic mass is 32.1. The summed E-state index contributed by atoms with van der Waals surface area (Å²) in [5, 5.41) is 5.52. The van der Waals surface area contributed by atoms with Crippen molar-refractivity contribution in [2.45, 2.75) is 34.2 Å². The molecule has 5 heteroatoms. The van der Waals surface area contributed by atoms with Gasteiger partial charge >= 0.3 is 0 Å². The summed E-state index contributed by atoms with van der Waals surface area (Å²) in [6.07, 6.45) is 2.12. The minimum absolute atomic E-state index is 0.645. The molecule has 1 N–H and O–H groups in total. The Morgan fingerprint density at radius 3 is 2.84 bits per heavy atom. The van der Waals surface area contributed by atoms with Gasteiger partial charge < -0.3 is 10.2 Å². The topological polar surface area (TPSA) is 32.6 Å². The van der Waals surface area contributed by atoms with Crippen LogP contribution in [-0.2, 0) is 6.54 Å². The molecule has 0 bridgehead atoms. The number of anilines is 1. The summed E-state index contributed by atoms with van der Waals surface area (Å²) < 4.78 is 2.21. The fraction of sp³-hybridized carbons (Fsp3) is 0.643. The van der Waals surface area contributed by atoms with Crippen LogP contribution < -0.4 is 10.2 Å². The molecular weight excluding hydrogens is 256 g/mol. The van der Waals surface area contributed by atoms with E-state index in [1.165, 1.54) is 5.69 Å². The van der Waals surface area contributed by atoms with Crippen LogP contribution in [0.3, 0.4) is 0 Å². The molecule has 0 aliphatic heterocycles. The summed E-state index contributed by atoms with van der Waals surface area (Å²) in [7, 11) is 0. The van der Waals surface area contributed by atoms with Gasteiger partial charge in [0.2, 0.25) is 0 Å². The van der Waals surface area contributed by atoms with Crippen LogP contribution in [0.4, 0.5) is 5.82 Å². The number of hydrogen-bond acceptors (Lipinski definition) is 4. The Morgan fingerprint density at radius 1 is 1.42 bits per heavy atom. The Balaban J connectivity index is 2.36. The number of hydrogen-bond donors (Lipinski definition) is 1. The molecule has 0 aliphatic rings. The van der Waals surface area contributed by atoms with Gasteiger partial charge in [0.25, 0.3) is 0 Å². The van der Waals surface area contributed by atoms with Crippen LogP contribution in [0.1, 0.15) is 33.4 Å². The minimum atomic E-state index is 0.645. The second-order valence-electron chi connectivity index (χ2n) is 5.15. The van der Waals surface area contributed by atoms with Crippen LogP contribution >= 0.6 is 11.3 Å². The molecule has 4 nitrogen and oxygen atoms in total. The fourth-order valence-corrected chi connectivity index (χ4v) is 3.02. The normalized spacial score (nSPS) is 11.6. The van der Waals surface area contributed by atoms with E-state index >= 15 is 0 Å². The summed E-state index contributed by atoms with van der Waals surface area (Å²) in [5.74, 6) is 1.79. The van der Waals surface area contributed by atoms with Crippen LogP contribution in [0.5, 0.6) is 0 Å². The highest BCUT2D eigenvalue weighted by Gasteiger charge is 2.18. The van der Waals surface area contributed by atoms with Crippen LogP contribution in [0.15, 0.2) is 11.6 Å². The van der Waals surface area contributed by atoms with E-state index in [1.807, 2.05) is 0 Å². The molecule has 0 atom stereocenters. The van der Waals surface area contributed by atoms with Gasteiger partial charge in [-0.15, -0.1) is 11.3 Å². The third-order valence-corrected chi connectivity index (χ3v) is 3.91. The predicted octanol–water partition coefficient (Wildman–Crippen LogP) is 2.99. The first-order valence-corrected chi connectivity index (χ1v) is 7.95. The van der Waals surface area contributed by atoms with Gasteiger partial charge in [-0.1, -0.05) is 20.8 Å². The van der Waals surface area contributed by atoms with Gasteiger partial charge in [0, 0.05) is 31.2 Å². The Kier molecular flexibility index (Phi) is 4.82. The average Bonchev–Trinajstić information content (AvgIpc) is 2.94. The van der Waals surface area contributed by atoms with Crippen molar-refractivity contribution in [1.29, 1.82) is 0 Å². The first-order valence-electron chi connectivity index (χ1n) is 7.07. The zero-order valence-electron chi connectivity index (χ0n) is 12.3. The van der Waals surface area contributed by atoms with Gasteiger partial charge in [-0.05, 0) is 19.4 Å². The van der Waals surface area contributed by atoms with E-state index < -0.39 is 0 Å².